The van der Waals surface area contributed by atoms with Crippen LogP contribution in [-0.4, -0.2) is 173 Å². The number of nitrogens with one attached hydrogen (secondary N) is 6. The third-order valence-electron chi connectivity index (χ3n) is 17.5. The molecule has 0 bridgehead atoms. The van der Waals surface area contributed by atoms with Crippen molar-refractivity contribution >= 4 is 69.4 Å². The maximum Gasteiger partial charge on any atom is 0.229 e. The SMILES string of the molecule is CCn1cnc(CCNc2nc(NC3CCC(Nc4nc(Cl)nc(NC5CCC(Nc6nc(NCCc7cn(CC)cn7)nc7c6ncn7[C@@H]6C[C@H](n7ncc(CO)n7)[C@@H](O)[C@H]6O)CC5)n4)CC3)c3ncn([C@H]4CC[C@@H](n5ncc(CO)n5)C4)c3n2)c1. The average molecular weight is 1210 g/mol. The Balaban J connectivity index is 0.635. The van der Waals surface area contributed by atoms with Gasteiger partial charge in [-0.2, -0.15) is 64.9 Å². The predicted molar refractivity (Wildman–Crippen MR) is 321 cm³/mol. The molecule has 87 heavy (non-hydrogen) atoms. The summed E-state index contributed by atoms with van der Waals surface area (Å²) in [6.07, 6.45) is 23.0. The molecule has 0 aromatic carbocycles. The van der Waals surface area contributed by atoms with E-state index < -0.39 is 24.3 Å². The second kappa shape index (κ2) is 25.6. The summed E-state index contributed by atoms with van der Waals surface area (Å²) in [7, 11) is 0. The summed E-state index contributed by atoms with van der Waals surface area (Å²) in [6, 6.07) is -0.619. The summed E-state index contributed by atoms with van der Waals surface area (Å²) < 4.78 is 8.06. The first-order valence-electron chi connectivity index (χ1n) is 30.4. The summed E-state index contributed by atoms with van der Waals surface area (Å²) in [5, 5.41) is 80.9. The number of hydrogen-bond acceptors (Lipinski definition) is 25. The maximum atomic E-state index is 11.4. The van der Waals surface area contributed by atoms with E-state index in [9.17, 15) is 20.4 Å². The standard InChI is InChI=1S/C55H74ClN27O4/c1-3-78-23-35(59-27-78)15-17-57-52-69-47(43-49(71-52)80(29-61-43)39-13-14-40(19-39)82-63-21-37(25-84)76-82)65-31-5-9-33(10-6-31)67-54-73-51(56)74-55(75-54)68-34-11-7-32(8-12-34)66-48-44-50(72-53(70-48)58-18-16-36-24-79(4-2)28-60-36)81(30-62-44)41-20-42(46(87)45(41)86)83-64-22-38(26-85)77-83/h21-24,27-34,39-42,45-46,84-87H,3-20,25-26H2,1-2H3,(H2,57,65,69,71)(H2,58,66,70,72)(H2,67,68,73,74,75)/t31?,32?,33?,34?,39-,40+,41+,42-,45-,46+/m0/s1. The number of aromatic nitrogens is 21. The lowest BCUT2D eigenvalue weighted by atomic mass is 9.91. The molecule has 0 saturated heterocycles. The molecular formula is C55H74ClN27O4. The van der Waals surface area contributed by atoms with E-state index >= 15 is 0 Å². The van der Waals surface area contributed by atoms with E-state index in [1.165, 1.54) is 11.0 Å². The van der Waals surface area contributed by atoms with Crippen molar-refractivity contribution in [3.63, 3.8) is 0 Å². The molecule has 460 valence electrons. The highest BCUT2D eigenvalue weighted by atomic mass is 35.5. The number of imidazole rings is 4. The maximum absolute atomic E-state index is 11.4. The largest absolute Gasteiger partial charge is 0.390 e. The second-order valence-corrected chi connectivity index (χ2v) is 23.5. The van der Waals surface area contributed by atoms with Crippen molar-refractivity contribution in [3.05, 3.63) is 78.2 Å². The van der Waals surface area contributed by atoms with Gasteiger partial charge in [0.25, 0.3) is 0 Å². The number of aryl methyl sites for hydroxylation is 2. The molecule has 9 aromatic heterocycles. The molecule has 6 atom stereocenters. The third-order valence-corrected chi connectivity index (χ3v) is 17.7. The monoisotopic (exact) mass is 1210 g/mol. The number of anilines is 6. The minimum Gasteiger partial charge on any atom is -0.390 e. The average Bonchev–Trinajstić information content (AvgIpc) is 2.03. The van der Waals surface area contributed by atoms with Gasteiger partial charge in [-0.3, -0.25) is 0 Å². The Kier molecular flexibility index (Phi) is 17.0. The van der Waals surface area contributed by atoms with E-state index in [1.807, 2.05) is 29.7 Å². The van der Waals surface area contributed by atoms with E-state index in [2.05, 4.69) is 101 Å². The van der Waals surface area contributed by atoms with Gasteiger partial charge < -0.3 is 70.6 Å². The molecule has 0 unspecified atom stereocenters. The van der Waals surface area contributed by atoms with E-state index in [0.717, 1.165) is 113 Å². The summed E-state index contributed by atoms with van der Waals surface area (Å²) in [5.74, 6) is 3.01. The quantitative estimate of drug-likeness (QED) is 0.0404. The molecule has 32 heteroatoms. The predicted octanol–water partition coefficient (Wildman–Crippen LogP) is 4.26. The Hall–Kier alpha value is -8.26. The van der Waals surface area contributed by atoms with E-state index in [4.69, 9.17) is 46.5 Å². The Morgan fingerprint density at radius 2 is 0.977 bits per heavy atom. The third kappa shape index (κ3) is 12.8. The Morgan fingerprint density at radius 1 is 0.494 bits per heavy atom. The second-order valence-electron chi connectivity index (χ2n) is 23.2. The van der Waals surface area contributed by atoms with Gasteiger partial charge in [-0.1, -0.05) is 0 Å². The van der Waals surface area contributed by atoms with Gasteiger partial charge in [0.1, 0.15) is 29.6 Å². The molecule has 0 radical (unpaired) electrons. The number of nitrogens with zero attached hydrogens (tertiary/aromatic N) is 21. The summed E-state index contributed by atoms with van der Waals surface area (Å²) in [5.41, 5.74) is 5.40. The number of aliphatic hydroxyl groups excluding tert-OH is 4. The van der Waals surface area contributed by atoms with Gasteiger partial charge >= 0.3 is 0 Å². The minimum atomic E-state index is -1.17. The molecular weight excluding hydrogens is 1140 g/mol. The van der Waals surface area contributed by atoms with Gasteiger partial charge in [0, 0.05) is 81.6 Å². The van der Waals surface area contributed by atoms with Crippen molar-refractivity contribution in [3.8, 4) is 0 Å². The van der Waals surface area contributed by atoms with Gasteiger partial charge in [0.05, 0.1) is 74.4 Å². The number of halogens is 1. The first-order chi connectivity index (χ1) is 42.5. The van der Waals surface area contributed by atoms with Gasteiger partial charge in [-0.05, 0) is 102 Å². The lowest BCUT2D eigenvalue weighted by Gasteiger charge is -2.31. The normalized spacial score (nSPS) is 24.1. The fraction of sp³-hybridized carbons (Fsp3) is 0.582. The van der Waals surface area contributed by atoms with Crippen LogP contribution in [0.3, 0.4) is 0 Å². The smallest absolute Gasteiger partial charge is 0.229 e. The number of hydrogen-bond donors (Lipinski definition) is 10. The van der Waals surface area contributed by atoms with Crippen LogP contribution in [0.1, 0.15) is 138 Å². The molecule has 4 aliphatic rings. The van der Waals surface area contributed by atoms with Crippen molar-refractivity contribution in [2.75, 3.05) is 45.0 Å². The molecule has 10 N–H and O–H groups in total. The van der Waals surface area contributed by atoms with Gasteiger partial charge in [0.15, 0.2) is 34.0 Å². The lowest BCUT2D eigenvalue weighted by Crippen LogP contribution is -2.34. The fourth-order valence-electron chi connectivity index (χ4n) is 12.7. The Bertz CT molecular complexity index is 3770. The van der Waals surface area contributed by atoms with Crippen molar-refractivity contribution in [1.29, 1.82) is 0 Å². The zero-order valence-corrected chi connectivity index (χ0v) is 49.3. The van der Waals surface area contributed by atoms with Crippen molar-refractivity contribution in [1.82, 2.24) is 103 Å². The number of rotatable bonds is 24. The van der Waals surface area contributed by atoms with E-state index in [0.29, 0.717) is 83.9 Å². The van der Waals surface area contributed by atoms with Gasteiger partial charge in [0.2, 0.25) is 29.1 Å². The van der Waals surface area contributed by atoms with Crippen LogP contribution in [0.5, 0.6) is 0 Å². The van der Waals surface area contributed by atoms with Gasteiger partial charge in [-0.15, -0.1) is 0 Å². The summed E-state index contributed by atoms with van der Waals surface area (Å²) in [6.45, 7) is 6.57. The lowest BCUT2D eigenvalue weighted by molar-refractivity contribution is 0.00491. The Labute approximate surface area is 504 Å². The van der Waals surface area contributed by atoms with E-state index in [1.54, 1.807) is 21.9 Å². The molecule has 9 aromatic rings. The van der Waals surface area contributed by atoms with Crippen LogP contribution < -0.4 is 31.9 Å². The molecule has 31 nitrogen and oxygen atoms in total. The van der Waals surface area contributed by atoms with Crippen molar-refractivity contribution in [2.45, 2.75) is 191 Å². The van der Waals surface area contributed by atoms with Crippen LogP contribution in [-0.2, 0) is 39.1 Å². The van der Waals surface area contributed by atoms with Crippen LogP contribution in [0.25, 0.3) is 22.3 Å². The molecule has 4 saturated carbocycles. The summed E-state index contributed by atoms with van der Waals surface area (Å²) >= 11 is 6.58. The van der Waals surface area contributed by atoms with Gasteiger partial charge in [-0.25, -0.2) is 19.9 Å². The number of fused-ring (bicyclic) bond motifs is 2. The van der Waals surface area contributed by atoms with E-state index in [-0.39, 0.29) is 54.7 Å². The first-order valence-corrected chi connectivity index (χ1v) is 30.8. The topological polar surface area (TPSA) is 376 Å². The zero-order valence-electron chi connectivity index (χ0n) is 48.6. The zero-order chi connectivity index (χ0) is 59.5. The summed E-state index contributed by atoms with van der Waals surface area (Å²) in [4.78, 5) is 55.6. The molecule has 9 heterocycles. The minimum absolute atomic E-state index is 0.0548. The van der Waals surface area contributed by atoms with Crippen LogP contribution in [0.15, 0.2) is 50.1 Å². The Morgan fingerprint density at radius 3 is 1.49 bits per heavy atom. The molecule has 4 fully saturated rings. The molecule has 0 spiro atoms. The fourth-order valence-corrected chi connectivity index (χ4v) is 12.9. The molecule has 13 rings (SSSR count). The highest BCUT2D eigenvalue weighted by Crippen LogP contribution is 2.41. The van der Waals surface area contributed by atoms with Crippen molar-refractivity contribution < 1.29 is 20.4 Å². The molecule has 0 amide bonds. The molecule has 0 aliphatic heterocycles. The number of aliphatic hydroxyl groups is 4. The van der Waals surface area contributed by atoms with Crippen LogP contribution in [0.2, 0.25) is 5.28 Å². The highest BCUT2D eigenvalue weighted by Gasteiger charge is 2.45. The first kappa shape index (κ1) is 57.8. The van der Waals surface area contributed by atoms with Crippen LogP contribution >= 0.6 is 11.6 Å². The molecule has 4 aliphatic carbocycles. The van der Waals surface area contributed by atoms with Crippen molar-refractivity contribution in [2.24, 2.45) is 0 Å². The highest BCUT2D eigenvalue weighted by molar-refractivity contribution is 6.28. The van der Waals surface area contributed by atoms with Crippen LogP contribution in [0.4, 0.5) is 35.4 Å². The van der Waals surface area contributed by atoms with Crippen LogP contribution in [0, 0.1) is 0 Å².